The van der Waals surface area contributed by atoms with Crippen LogP contribution in [-0.4, -0.2) is 10.2 Å². The smallest absolute Gasteiger partial charge is 0.165 e. The van der Waals surface area contributed by atoms with Crippen molar-refractivity contribution < 1.29 is 10.2 Å². The molecule has 2 heteroatoms. The molecule has 0 saturated heterocycles. The normalized spacial score (nSPS) is 11.4. The number of phenols is 2. The van der Waals surface area contributed by atoms with E-state index in [-0.39, 0.29) is 11.5 Å². The zero-order chi connectivity index (χ0) is 21.4. The summed E-state index contributed by atoms with van der Waals surface area (Å²) in [5.41, 5.74) is 0.872. The predicted octanol–water partition coefficient (Wildman–Crippen LogP) is 9.05. The Bertz CT molecular complexity index is 707. The van der Waals surface area contributed by atoms with Crippen LogP contribution >= 0.6 is 0 Å². The average molecular weight is 413 g/mol. The third kappa shape index (κ3) is 8.98. The van der Waals surface area contributed by atoms with Crippen LogP contribution in [0.15, 0.2) is 30.3 Å². The van der Waals surface area contributed by atoms with Crippen molar-refractivity contribution in [3.63, 3.8) is 0 Å². The summed E-state index contributed by atoms with van der Waals surface area (Å²) in [6.45, 7) is 2.28. The van der Waals surface area contributed by atoms with Crippen LogP contribution in [0.3, 0.4) is 0 Å². The number of aryl methyl sites for hydroxylation is 1. The van der Waals surface area contributed by atoms with Gasteiger partial charge >= 0.3 is 0 Å². The lowest BCUT2D eigenvalue weighted by Gasteiger charge is -2.10. The minimum Gasteiger partial charge on any atom is -0.504 e. The zero-order valence-corrected chi connectivity index (χ0v) is 19.3. The van der Waals surface area contributed by atoms with Crippen molar-refractivity contribution in [2.24, 2.45) is 0 Å². The molecule has 0 spiro atoms. The Labute approximate surface area is 184 Å². The van der Waals surface area contributed by atoms with Crippen LogP contribution in [0.4, 0.5) is 0 Å². The minimum atomic E-state index is 0.0274. The van der Waals surface area contributed by atoms with Crippen molar-refractivity contribution in [3.05, 3.63) is 35.9 Å². The molecular weight excluding hydrogens is 368 g/mol. The van der Waals surface area contributed by atoms with E-state index in [2.05, 4.69) is 6.92 Å². The molecule has 0 aliphatic carbocycles. The Morgan fingerprint density at radius 3 is 1.57 bits per heavy atom. The van der Waals surface area contributed by atoms with Crippen LogP contribution in [0.25, 0.3) is 10.8 Å². The van der Waals surface area contributed by atoms with E-state index in [0.29, 0.717) is 0 Å². The van der Waals surface area contributed by atoms with Gasteiger partial charge < -0.3 is 10.2 Å². The Kier molecular flexibility index (Phi) is 12.4. The van der Waals surface area contributed by atoms with E-state index in [1.54, 1.807) is 0 Å². The molecule has 2 rings (SSSR count). The molecule has 0 unspecified atom stereocenters. The van der Waals surface area contributed by atoms with Gasteiger partial charge in [-0.3, -0.25) is 0 Å². The Morgan fingerprint density at radius 1 is 0.567 bits per heavy atom. The summed E-state index contributed by atoms with van der Waals surface area (Å²) in [7, 11) is 0. The van der Waals surface area contributed by atoms with Crippen molar-refractivity contribution in [1.82, 2.24) is 0 Å². The van der Waals surface area contributed by atoms with Crippen molar-refractivity contribution in [2.75, 3.05) is 0 Å². The van der Waals surface area contributed by atoms with E-state index >= 15 is 0 Å². The van der Waals surface area contributed by atoms with E-state index in [0.717, 1.165) is 29.2 Å². The van der Waals surface area contributed by atoms with Gasteiger partial charge in [-0.25, -0.2) is 0 Å². The second-order valence-electron chi connectivity index (χ2n) is 9.01. The lowest BCUT2D eigenvalue weighted by Crippen LogP contribution is -1.89. The van der Waals surface area contributed by atoms with Crippen LogP contribution in [-0.2, 0) is 6.42 Å². The van der Waals surface area contributed by atoms with E-state index in [4.69, 9.17) is 0 Å². The first-order valence-corrected chi connectivity index (χ1v) is 12.7. The number of hydrogen-bond acceptors (Lipinski definition) is 2. The second kappa shape index (κ2) is 15.2. The molecule has 0 radical (unpaired) electrons. The molecule has 0 heterocycles. The Morgan fingerprint density at radius 2 is 1.03 bits per heavy atom. The molecule has 0 bridgehead atoms. The number of aromatic hydroxyl groups is 2. The summed E-state index contributed by atoms with van der Waals surface area (Å²) >= 11 is 0. The molecule has 2 N–H and O–H groups in total. The average Bonchev–Trinajstić information content (AvgIpc) is 2.76. The number of rotatable bonds is 17. The lowest BCUT2D eigenvalue weighted by molar-refractivity contribution is 0.403. The van der Waals surface area contributed by atoms with Gasteiger partial charge in [0.25, 0.3) is 0 Å². The van der Waals surface area contributed by atoms with Crippen LogP contribution in [0.2, 0.25) is 0 Å². The molecule has 0 amide bonds. The van der Waals surface area contributed by atoms with E-state index in [9.17, 15) is 10.2 Å². The fraction of sp³-hybridized carbons (Fsp3) is 0.643. The van der Waals surface area contributed by atoms with Crippen molar-refractivity contribution in [1.29, 1.82) is 0 Å². The minimum absolute atomic E-state index is 0.0274. The van der Waals surface area contributed by atoms with E-state index < -0.39 is 0 Å². The van der Waals surface area contributed by atoms with E-state index in [1.165, 1.54) is 96.3 Å². The molecule has 2 nitrogen and oxygen atoms in total. The molecule has 0 fully saturated rings. The number of phenolic OH excluding ortho intramolecular Hbond substituents is 2. The van der Waals surface area contributed by atoms with Crippen LogP contribution in [0.1, 0.15) is 115 Å². The van der Waals surface area contributed by atoms with Gasteiger partial charge in [-0.05, 0) is 29.9 Å². The summed E-state index contributed by atoms with van der Waals surface area (Å²) in [5, 5.41) is 22.2. The lowest BCUT2D eigenvalue weighted by atomic mass is 9.99. The first-order valence-electron chi connectivity index (χ1n) is 12.7. The maximum Gasteiger partial charge on any atom is 0.165 e. The van der Waals surface area contributed by atoms with Gasteiger partial charge in [0.15, 0.2) is 11.5 Å². The van der Waals surface area contributed by atoms with Gasteiger partial charge in [0.05, 0.1) is 0 Å². The van der Waals surface area contributed by atoms with Gasteiger partial charge in [-0.1, -0.05) is 128 Å². The third-order valence-corrected chi connectivity index (χ3v) is 6.37. The van der Waals surface area contributed by atoms with Crippen LogP contribution in [0.5, 0.6) is 11.5 Å². The molecule has 2 aromatic rings. The Hall–Kier alpha value is -1.70. The molecule has 168 valence electrons. The first-order chi connectivity index (χ1) is 14.7. The summed E-state index contributed by atoms with van der Waals surface area (Å²) in [6, 6.07) is 9.72. The molecule has 0 saturated carbocycles. The van der Waals surface area contributed by atoms with Crippen LogP contribution < -0.4 is 0 Å². The zero-order valence-electron chi connectivity index (χ0n) is 19.3. The number of benzene rings is 2. The number of fused-ring (bicyclic) bond motifs is 1. The topological polar surface area (TPSA) is 40.5 Å². The fourth-order valence-corrected chi connectivity index (χ4v) is 4.43. The maximum absolute atomic E-state index is 10.3. The number of unbranched alkanes of at least 4 members (excludes halogenated alkanes) is 15. The quantitative estimate of drug-likeness (QED) is 0.201. The summed E-state index contributed by atoms with van der Waals surface area (Å²) in [5.74, 6) is 0.0919. The fourth-order valence-electron chi connectivity index (χ4n) is 4.43. The van der Waals surface area contributed by atoms with Gasteiger partial charge in [-0.2, -0.15) is 0 Å². The molecule has 0 aliphatic heterocycles. The van der Waals surface area contributed by atoms with Crippen molar-refractivity contribution in [3.8, 4) is 11.5 Å². The molecule has 0 aliphatic rings. The molecule has 30 heavy (non-hydrogen) atoms. The second-order valence-corrected chi connectivity index (χ2v) is 9.01. The molecular formula is C28H44O2. The van der Waals surface area contributed by atoms with Crippen LogP contribution in [0, 0.1) is 0 Å². The van der Waals surface area contributed by atoms with Crippen molar-refractivity contribution >= 4 is 10.8 Å². The maximum atomic E-state index is 10.3. The standard InChI is InChI=1S/C28H44O2/c1-2-3-4-5-6-7-8-9-10-11-12-13-14-15-16-17-21-25-23-24-20-18-19-22-26(24)28(30)27(25)29/h18-20,22-23,29-30H,2-17,21H2,1H3. The summed E-state index contributed by atoms with van der Waals surface area (Å²) < 4.78 is 0. The van der Waals surface area contributed by atoms with Gasteiger partial charge in [-0.15, -0.1) is 0 Å². The molecule has 0 aromatic heterocycles. The summed E-state index contributed by atoms with van der Waals surface area (Å²) in [6.07, 6.45) is 22.6. The first kappa shape index (κ1) is 24.6. The van der Waals surface area contributed by atoms with E-state index in [1.807, 2.05) is 30.3 Å². The molecule has 0 atom stereocenters. The van der Waals surface area contributed by atoms with Gasteiger partial charge in [0, 0.05) is 5.39 Å². The number of hydrogen-bond donors (Lipinski definition) is 2. The highest BCUT2D eigenvalue weighted by Gasteiger charge is 2.11. The Balaban J connectivity index is 1.45. The predicted molar refractivity (Wildman–Crippen MR) is 131 cm³/mol. The highest BCUT2D eigenvalue weighted by Crippen LogP contribution is 2.37. The monoisotopic (exact) mass is 412 g/mol. The van der Waals surface area contributed by atoms with Crippen molar-refractivity contribution in [2.45, 2.75) is 116 Å². The SMILES string of the molecule is CCCCCCCCCCCCCCCCCCc1cc2ccccc2c(O)c1O. The molecule has 2 aromatic carbocycles. The van der Waals surface area contributed by atoms with Gasteiger partial charge in [0.1, 0.15) is 0 Å². The third-order valence-electron chi connectivity index (χ3n) is 6.37. The van der Waals surface area contributed by atoms with Gasteiger partial charge in [0.2, 0.25) is 0 Å². The summed E-state index contributed by atoms with van der Waals surface area (Å²) in [4.78, 5) is 0. The largest absolute Gasteiger partial charge is 0.504 e. The highest BCUT2D eigenvalue weighted by molar-refractivity contribution is 5.91. The highest BCUT2D eigenvalue weighted by atomic mass is 16.3.